The lowest BCUT2D eigenvalue weighted by Crippen LogP contribution is -2.49. The number of ether oxygens (including phenoxy) is 2. The SMILES string of the molecule is CCOC(=O)C[C@H](c1ccc([N+](=O)[O-])cc1)[C@@H](NC(=O)C[C@H](O)CNC(=O)OCc1ccccc1)C(N)=O. The summed E-state index contributed by atoms with van der Waals surface area (Å²) in [5.41, 5.74) is 6.40. The maximum Gasteiger partial charge on any atom is 0.407 e. The van der Waals surface area contributed by atoms with E-state index in [2.05, 4.69) is 10.6 Å². The summed E-state index contributed by atoms with van der Waals surface area (Å²) >= 11 is 0. The fourth-order valence-electron chi connectivity index (χ4n) is 3.53. The van der Waals surface area contributed by atoms with Crippen molar-refractivity contribution >= 4 is 29.6 Å². The average Bonchev–Trinajstić information content (AvgIpc) is 2.89. The van der Waals surface area contributed by atoms with Crippen LogP contribution < -0.4 is 16.4 Å². The van der Waals surface area contributed by atoms with Crippen LogP contribution in [0.5, 0.6) is 0 Å². The molecule has 0 radical (unpaired) electrons. The van der Waals surface area contributed by atoms with Crippen LogP contribution >= 0.6 is 0 Å². The highest BCUT2D eigenvalue weighted by molar-refractivity contribution is 5.88. The van der Waals surface area contributed by atoms with Gasteiger partial charge in [-0.2, -0.15) is 0 Å². The number of alkyl carbamates (subject to hydrolysis) is 1. The van der Waals surface area contributed by atoms with E-state index < -0.39 is 53.3 Å². The lowest BCUT2D eigenvalue weighted by Gasteiger charge is -2.26. The van der Waals surface area contributed by atoms with E-state index >= 15 is 0 Å². The van der Waals surface area contributed by atoms with Crippen molar-refractivity contribution in [1.82, 2.24) is 10.6 Å². The van der Waals surface area contributed by atoms with Gasteiger partial charge in [0.15, 0.2) is 0 Å². The van der Waals surface area contributed by atoms with Crippen LogP contribution in [0.2, 0.25) is 0 Å². The summed E-state index contributed by atoms with van der Waals surface area (Å²) in [6, 6.07) is 12.6. The van der Waals surface area contributed by atoms with Crippen molar-refractivity contribution < 1.29 is 38.7 Å². The van der Waals surface area contributed by atoms with E-state index in [4.69, 9.17) is 15.2 Å². The van der Waals surface area contributed by atoms with Crippen LogP contribution in [0.25, 0.3) is 0 Å². The summed E-state index contributed by atoms with van der Waals surface area (Å²) in [4.78, 5) is 59.3. The van der Waals surface area contributed by atoms with Crippen molar-refractivity contribution in [2.75, 3.05) is 13.2 Å². The maximum absolute atomic E-state index is 12.6. The highest BCUT2D eigenvalue weighted by atomic mass is 16.6. The molecule has 0 unspecified atom stereocenters. The van der Waals surface area contributed by atoms with Gasteiger partial charge in [0.2, 0.25) is 11.8 Å². The second kappa shape index (κ2) is 14.9. The molecular formula is C25H30N4O9. The number of aliphatic hydroxyl groups excluding tert-OH is 1. The number of rotatable bonds is 14. The number of nitrogens with one attached hydrogen (secondary N) is 2. The lowest BCUT2D eigenvalue weighted by molar-refractivity contribution is -0.384. The monoisotopic (exact) mass is 530 g/mol. The largest absolute Gasteiger partial charge is 0.466 e. The number of carbonyl (C=O) groups excluding carboxylic acids is 4. The molecule has 3 amide bonds. The quantitative estimate of drug-likeness (QED) is 0.158. The topological polar surface area (TPSA) is 200 Å². The predicted octanol–water partition coefficient (Wildman–Crippen LogP) is 1.28. The second-order valence-electron chi connectivity index (χ2n) is 8.21. The third-order valence-electron chi connectivity index (χ3n) is 5.37. The van der Waals surface area contributed by atoms with Crippen molar-refractivity contribution in [2.45, 2.75) is 44.4 Å². The van der Waals surface area contributed by atoms with Gasteiger partial charge in [0.1, 0.15) is 12.6 Å². The number of esters is 1. The zero-order valence-corrected chi connectivity index (χ0v) is 20.7. The summed E-state index contributed by atoms with van der Waals surface area (Å²) < 4.78 is 9.98. The summed E-state index contributed by atoms with van der Waals surface area (Å²) in [7, 11) is 0. The smallest absolute Gasteiger partial charge is 0.407 e. The van der Waals surface area contributed by atoms with Crippen LogP contribution in [0.15, 0.2) is 54.6 Å². The molecule has 2 aromatic carbocycles. The molecule has 0 saturated carbocycles. The zero-order chi connectivity index (χ0) is 28.1. The summed E-state index contributed by atoms with van der Waals surface area (Å²) in [5.74, 6) is -3.42. The molecule has 38 heavy (non-hydrogen) atoms. The molecule has 13 heteroatoms. The van der Waals surface area contributed by atoms with Gasteiger partial charge in [-0.25, -0.2) is 4.79 Å². The molecule has 0 aromatic heterocycles. The Kier molecular flexibility index (Phi) is 11.6. The van der Waals surface area contributed by atoms with Gasteiger partial charge in [0.05, 0.1) is 30.5 Å². The summed E-state index contributed by atoms with van der Waals surface area (Å²) in [5, 5.41) is 25.9. The molecule has 0 heterocycles. The molecule has 0 spiro atoms. The van der Waals surface area contributed by atoms with Gasteiger partial charge < -0.3 is 30.9 Å². The number of nitro groups is 1. The fraction of sp³-hybridized carbons (Fsp3) is 0.360. The first kappa shape index (κ1) is 29.7. The molecule has 0 aliphatic heterocycles. The minimum absolute atomic E-state index is 0.0219. The van der Waals surface area contributed by atoms with Crippen LogP contribution in [-0.2, 0) is 30.5 Å². The standard InChI is InChI=1S/C25H30N4O9/c1-2-37-22(32)13-20(17-8-10-18(11-9-17)29(35)36)23(24(26)33)28-21(31)12-19(30)14-27-25(34)38-15-16-6-4-3-5-7-16/h3-11,19-20,23,30H,2,12-15H2,1H3,(H2,26,33)(H,27,34)(H,28,31)/t19-,20+,23+/m0/s1. The number of benzene rings is 2. The van der Waals surface area contributed by atoms with Crippen LogP contribution in [0.4, 0.5) is 10.5 Å². The van der Waals surface area contributed by atoms with E-state index in [1.807, 2.05) is 6.07 Å². The third-order valence-corrected chi connectivity index (χ3v) is 5.37. The molecule has 0 saturated heterocycles. The Morgan fingerprint density at radius 3 is 2.26 bits per heavy atom. The van der Waals surface area contributed by atoms with Crippen LogP contribution in [0.3, 0.4) is 0 Å². The van der Waals surface area contributed by atoms with E-state index in [0.717, 1.165) is 5.56 Å². The normalized spacial score (nSPS) is 12.9. The van der Waals surface area contributed by atoms with Gasteiger partial charge in [0.25, 0.3) is 5.69 Å². The first-order valence-electron chi connectivity index (χ1n) is 11.7. The molecular weight excluding hydrogens is 500 g/mol. The first-order chi connectivity index (χ1) is 18.1. The maximum atomic E-state index is 12.6. The van der Waals surface area contributed by atoms with Crippen LogP contribution in [0, 0.1) is 10.1 Å². The molecule has 0 fully saturated rings. The molecule has 3 atom stereocenters. The number of nitrogens with zero attached hydrogens (tertiary/aromatic N) is 1. The van der Waals surface area contributed by atoms with Gasteiger partial charge in [-0.05, 0) is 18.1 Å². The second-order valence-corrected chi connectivity index (χ2v) is 8.21. The Bertz CT molecular complexity index is 1110. The third kappa shape index (κ3) is 9.85. The molecule has 0 aliphatic carbocycles. The van der Waals surface area contributed by atoms with Gasteiger partial charge in [-0.15, -0.1) is 0 Å². The average molecular weight is 531 g/mol. The predicted molar refractivity (Wildman–Crippen MR) is 133 cm³/mol. The fourth-order valence-corrected chi connectivity index (χ4v) is 3.53. The van der Waals surface area contributed by atoms with Crippen molar-refractivity contribution in [1.29, 1.82) is 0 Å². The summed E-state index contributed by atoms with van der Waals surface area (Å²) in [6.45, 7) is 1.39. The molecule has 2 rings (SSSR count). The number of amides is 3. The number of non-ortho nitro benzene ring substituents is 1. The Morgan fingerprint density at radius 1 is 1.03 bits per heavy atom. The zero-order valence-electron chi connectivity index (χ0n) is 20.7. The number of aliphatic hydroxyl groups is 1. The number of primary amides is 1. The highest BCUT2D eigenvalue weighted by Crippen LogP contribution is 2.26. The van der Waals surface area contributed by atoms with E-state index in [9.17, 15) is 34.4 Å². The molecule has 0 aliphatic rings. The Labute approximate surface area is 218 Å². The number of hydrogen-bond acceptors (Lipinski definition) is 9. The first-order valence-corrected chi connectivity index (χ1v) is 11.7. The van der Waals surface area contributed by atoms with Crippen molar-refractivity contribution in [2.24, 2.45) is 5.73 Å². The molecule has 5 N–H and O–H groups in total. The van der Waals surface area contributed by atoms with E-state index in [1.165, 1.54) is 24.3 Å². The van der Waals surface area contributed by atoms with E-state index in [-0.39, 0.29) is 31.9 Å². The Balaban J connectivity index is 2.00. The van der Waals surface area contributed by atoms with E-state index in [0.29, 0.717) is 5.56 Å². The number of hydrogen-bond donors (Lipinski definition) is 4. The Hall–Kier alpha value is -4.52. The number of carbonyl (C=O) groups is 4. The molecule has 2 aromatic rings. The van der Waals surface area contributed by atoms with Crippen molar-refractivity contribution in [3.63, 3.8) is 0 Å². The highest BCUT2D eigenvalue weighted by Gasteiger charge is 2.32. The van der Waals surface area contributed by atoms with Gasteiger partial charge in [0, 0.05) is 24.6 Å². The minimum Gasteiger partial charge on any atom is -0.466 e. The van der Waals surface area contributed by atoms with Crippen LogP contribution in [-0.4, -0.2) is 59.2 Å². The van der Waals surface area contributed by atoms with Crippen molar-refractivity contribution in [3.05, 3.63) is 75.8 Å². The minimum atomic E-state index is -1.40. The van der Waals surface area contributed by atoms with Gasteiger partial charge >= 0.3 is 12.1 Å². The molecule has 0 bridgehead atoms. The van der Waals surface area contributed by atoms with Gasteiger partial charge in [-0.1, -0.05) is 42.5 Å². The number of nitrogens with two attached hydrogens (primary N) is 1. The number of nitro benzene ring substituents is 1. The molecule has 13 nitrogen and oxygen atoms in total. The Morgan fingerprint density at radius 2 is 1.68 bits per heavy atom. The van der Waals surface area contributed by atoms with E-state index in [1.54, 1.807) is 31.2 Å². The van der Waals surface area contributed by atoms with Crippen LogP contribution in [0.1, 0.15) is 36.8 Å². The lowest BCUT2D eigenvalue weighted by atomic mass is 9.87. The molecule has 204 valence electrons. The summed E-state index contributed by atoms with van der Waals surface area (Å²) in [6.07, 6.45) is -2.97. The van der Waals surface area contributed by atoms with Crippen molar-refractivity contribution in [3.8, 4) is 0 Å². The van der Waals surface area contributed by atoms with Gasteiger partial charge in [-0.3, -0.25) is 24.5 Å².